The van der Waals surface area contributed by atoms with Crippen molar-refractivity contribution in [3.8, 4) is 11.5 Å². The topological polar surface area (TPSA) is 87.5 Å². The summed E-state index contributed by atoms with van der Waals surface area (Å²) in [5.41, 5.74) is 1.66. The number of ether oxygens (including phenoxy) is 3. The quantitative estimate of drug-likeness (QED) is 0.525. The Bertz CT molecular complexity index is 1080. The average molecular weight is 453 g/mol. The van der Waals surface area contributed by atoms with Gasteiger partial charge in [0.05, 0.1) is 19.2 Å². The highest BCUT2D eigenvalue weighted by Gasteiger charge is 2.20. The molecule has 166 valence electrons. The molecule has 1 aromatic heterocycles. The second kappa shape index (κ2) is 9.62. The first-order valence-corrected chi connectivity index (χ1v) is 11.6. The monoisotopic (exact) mass is 452 g/mol. The van der Waals surface area contributed by atoms with Gasteiger partial charge in [0, 0.05) is 17.9 Å². The van der Waals surface area contributed by atoms with Gasteiger partial charge in [-0.15, -0.1) is 10.2 Å². The molecule has 1 saturated heterocycles. The zero-order chi connectivity index (χ0) is 21.8. The molecule has 5 rings (SSSR count). The molecule has 0 bridgehead atoms. The molecular weight excluding hydrogens is 428 g/mol. The van der Waals surface area contributed by atoms with E-state index in [1.807, 2.05) is 18.2 Å². The molecule has 0 saturated carbocycles. The molecule has 1 atom stereocenters. The van der Waals surface area contributed by atoms with Crippen LogP contribution in [0.2, 0.25) is 0 Å². The van der Waals surface area contributed by atoms with Gasteiger partial charge in [0.2, 0.25) is 6.79 Å². The number of rotatable bonds is 8. The normalized spacial score (nSPS) is 16.9. The lowest BCUT2D eigenvalue weighted by molar-refractivity contribution is 0.0949. The fourth-order valence-electron chi connectivity index (χ4n) is 3.72. The van der Waals surface area contributed by atoms with Crippen molar-refractivity contribution < 1.29 is 19.0 Å². The van der Waals surface area contributed by atoms with Crippen LogP contribution in [0.3, 0.4) is 0 Å². The second-order valence-electron chi connectivity index (χ2n) is 7.67. The van der Waals surface area contributed by atoms with Gasteiger partial charge in [-0.2, -0.15) is 0 Å². The fourth-order valence-corrected chi connectivity index (χ4v) is 4.75. The number of thioether (sulfide) groups is 1. The van der Waals surface area contributed by atoms with Gasteiger partial charge in [-0.3, -0.25) is 4.79 Å². The van der Waals surface area contributed by atoms with Crippen molar-refractivity contribution in [2.75, 3.05) is 19.2 Å². The number of hydrogen-bond acceptors (Lipinski definition) is 7. The van der Waals surface area contributed by atoms with Crippen LogP contribution >= 0.6 is 11.8 Å². The van der Waals surface area contributed by atoms with Crippen molar-refractivity contribution in [2.24, 2.45) is 0 Å². The molecule has 0 spiro atoms. The molecule has 3 aromatic rings. The standard InChI is InChI=1S/C23H24N4O4S/c28-22(17-8-9-19-20(11-17)31-15-30-19)24-12-21-25-26-23(32-14-18-7-4-10-29-18)27(21)13-16-5-2-1-3-6-16/h1-3,5-6,8-9,11,18H,4,7,10,12-15H2,(H,24,28)/t18-/m1/s1. The van der Waals surface area contributed by atoms with Crippen molar-refractivity contribution in [3.63, 3.8) is 0 Å². The van der Waals surface area contributed by atoms with Crippen LogP contribution in [0.25, 0.3) is 0 Å². The van der Waals surface area contributed by atoms with Gasteiger partial charge >= 0.3 is 0 Å². The zero-order valence-electron chi connectivity index (χ0n) is 17.5. The van der Waals surface area contributed by atoms with E-state index in [-0.39, 0.29) is 25.3 Å². The van der Waals surface area contributed by atoms with Gasteiger partial charge in [-0.05, 0) is 36.6 Å². The number of carbonyl (C=O) groups excluding carboxylic acids is 1. The van der Waals surface area contributed by atoms with E-state index >= 15 is 0 Å². The molecule has 2 aliphatic rings. The van der Waals surface area contributed by atoms with Crippen molar-refractivity contribution in [1.29, 1.82) is 0 Å². The van der Waals surface area contributed by atoms with Gasteiger partial charge in [-0.25, -0.2) is 0 Å². The number of fused-ring (bicyclic) bond motifs is 1. The molecule has 8 nitrogen and oxygen atoms in total. The Morgan fingerprint density at radius 3 is 2.84 bits per heavy atom. The first-order valence-electron chi connectivity index (χ1n) is 10.6. The first kappa shape index (κ1) is 20.8. The van der Waals surface area contributed by atoms with Crippen molar-refractivity contribution in [1.82, 2.24) is 20.1 Å². The maximum absolute atomic E-state index is 12.7. The average Bonchev–Trinajstić information content (AvgIpc) is 3.58. The number of aromatic nitrogens is 3. The molecule has 2 aliphatic heterocycles. The van der Waals surface area contributed by atoms with Crippen molar-refractivity contribution in [2.45, 2.75) is 37.2 Å². The summed E-state index contributed by atoms with van der Waals surface area (Å²) in [4.78, 5) is 12.7. The van der Waals surface area contributed by atoms with E-state index in [1.54, 1.807) is 30.0 Å². The molecule has 0 aliphatic carbocycles. The summed E-state index contributed by atoms with van der Waals surface area (Å²) >= 11 is 1.65. The molecule has 32 heavy (non-hydrogen) atoms. The number of nitrogens with zero attached hydrogens (tertiary/aromatic N) is 3. The van der Waals surface area contributed by atoms with Gasteiger partial charge in [-0.1, -0.05) is 42.1 Å². The third-order valence-corrected chi connectivity index (χ3v) is 6.54. The Balaban J connectivity index is 1.30. The SMILES string of the molecule is O=C(NCc1nnc(SC[C@H]2CCCO2)n1Cc1ccccc1)c1ccc2c(c1)OCO2. The van der Waals surface area contributed by atoms with Crippen molar-refractivity contribution >= 4 is 17.7 Å². The van der Waals surface area contributed by atoms with Crippen LogP contribution < -0.4 is 14.8 Å². The Morgan fingerprint density at radius 2 is 2.00 bits per heavy atom. The molecule has 9 heteroatoms. The van der Waals surface area contributed by atoms with Crippen LogP contribution in [0, 0.1) is 0 Å². The van der Waals surface area contributed by atoms with Crippen LogP contribution in [0.1, 0.15) is 34.6 Å². The van der Waals surface area contributed by atoms with Gasteiger partial charge in [0.1, 0.15) is 0 Å². The number of amides is 1. The Kier molecular flexibility index (Phi) is 6.27. The maximum atomic E-state index is 12.7. The molecule has 1 N–H and O–H groups in total. The summed E-state index contributed by atoms with van der Waals surface area (Å²) < 4.78 is 18.5. The molecule has 1 amide bonds. The summed E-state index contributed by atoms with van der Waals surface area (Å²) in [5.74, 6) is 2.58. The molecular formula is C23H24N4O4S. The van der Waals surface area contributed by atoms with Crippen LogP contribution in [0.4, 0.5) is 0 Å². The summed E-state index contributed by atoms with van der Waals surface area (Å²) in [6.07, 6.45) is 2.45. The first-order chi connectivity index (χ1) is 15.8. The predicted octanol–water partition coefficient (Wildman–Crippen LogP) is 3.26. The summed E-state index contributed by atoms with van der Waals surface area (Å²) in [7, 11) is 0. The smallest absolute Gasteiger partial charge is 0.251 e. The number of benzene rings is 2. The van der Waals surface area contributed by atoms with E-state index in [4.69, 9.17) is 14.2 Å². The minimum atomic E-state index is -0.203. The lowest BCUT2D eigenvalue weighted by atomic mass is 10.2. The molecule has 0 radical (unpaired) electrons. The Hall–Kier alpha value is -3.04. The predicted molar refractivity (Wildman–Crippen MR) is 119 cm³/mol. The lowest BCUT2D eigenvalue weighted by Gasteiger charge is -2.13. The lowest BCUT2D eigenvalue weighted by Crippen LogP contribution is -2.25. The van der Waals surface area contributed by atoms with Gasteiger partial charge < -0.3 is 24.1 Å². The van der Waals surface area contributed by atoms with E-state index < -0.39 is 0 Å². The maximum Gasteiger partial charge on any atom is 0.251 e. The highest BCUT2D eigenvalue weighted by molar-refractivity contribution is 7.99. The highest BCUT2D eigenvalue weighted by Crippen LogP contribution is 2.32. The fraction of sp³-hybridized carbons (Fsp3) is 0.348. The van der Waals surface area contributed by atoms with Crippen LogP contribution in [0.15, 0.2) is 53.7 Å². The zero-order valence-corrected chi connectivity index (χ0v) is 18.3. The number of hydrogen-bond donors (Lipinski definition) is 1. The number of nitrogens with one attached hydrogen (secondary N) is 1. The Morgan fingerprint density at radius 1 is 1.12 bits per heavy atom. The summed E-state index contributed by atoms with van der Waals surface area (Å²) in [6.45, 7) is 1.92. The molecule has 0 unspecified atom stereocenters. The van der Waals surface area contributed by atoms with E-state index in [2.05, 4.69) is 32.2 Å². The highest BCUT2D eigenvalue weighted by atomic mass is 32.2. The third kappa shape index (κ3) is 4.73. The van der Waals surface area contributed by atoms with E-state index in [0.29, 0.717) is 29.4 Å². The molecule has 1 fully saturated rings. The van der Waals surface area contributed by atoms with Crippen molar-refractivity contribution in [3.05, 3.63) is 65.5 Å². The third-order valence-electron chi connectivity index (χ3n) is 5.44. The van der Waals surface area contributed by atoms with Crippen LogP contribution in [0.5, 0.6) is 11.5 Å². The number of carbonyl (C=O) groups is 1. The summed E-state index contributed by atoms with van der Waals surface area (Å²) in [6, 6.07) is 15.3. The van der Waals surface area contributed by atoms with Gasteiger partial charge in [0.25, 0.3) is 5.91 Å². The minimum Gasteiger partial charge on any atom is -0.454 e. The largest absolute Gasteiger partial charge is 0.454 e. The van der Waals surface area contributed by atoms with Crippen LogP contribution in [-0.2, 0) is 17.8 Å². The molecule has 2 aromatic carbocycles. The summed E-state index contributed by atoms with van der Waals surface area (Å²) in [5, 5.41) is 12.6. The Labute approximate surface area is 190 Å². The van der Waals surface area contributed by atoms with Crippen LogP contribution in [-0.4, -0.2) is 45.9 Å². The van der Waals surface area contributed by atoms with E-state index in [1.165, 1.54) is 0 Å². The molecule has 3 heterocycles. The minimum absolute atomic E-state index is 0.176. The van der Waals surface area contributed by atoms with Gasteiger partial charge in [0.15, 0.2) is 22.5 Å². The second-order valence-corrected chi connectivity index (χ2v) is 8.65. The van der Waals surface area contributed by atoms with E-state index in [9.17, 15) is 4.79 Å². The van der Waals surface area contributed by atoms with E-state index in [0.717, 1.165) is 35.9 Å².